The predicted octanol–water partition coefficient (Wildman–Crippen LogP) is 2.90. The maximum atomic E-state index is 12.2. The lowest BCUT2D eigenvalue weighted by atomic mass is 9.98. The van der Waals surface area contributed by atoms with E-state index >= 15 is 0 Å². The minimum Gasteiger partial charge on any atom is -0.481 e. The molecule has 1 saturated heterocycles. The first-order chi connectivity index (χ1) is 9.66. The van der Waals surface area contributed by atoms with E-state index in [2.05, 4.69) is 0 Å². The Labute approximate surface area is 118 Å². The van der Waals surface area contributed by atoms with Crippen molar-refractivity contribution < 1.29 is 19.4 Å². The molecule has 108 valence electrons. The largest absolute Gasteiger partial charge is 0.481 e. The van der Waals surface area contributed by atoms with Gasteiger partial charge in [-0.1, -0.05) is 18.2 Å². The van der Waals surface area contributed by atoms with Crippen LogP contribution < -0.4 is 4.74 Å². The highest BCUT2D eigenvalue weighted by molar-refractivity contribution is 5.71. The fourth-order valence-corrected chi connectivity index (χ4v) is 2.48. The summed E-state index contributed by atoms with van der Waals surface area (Å²) in [5.74, 6) is -0.313. The number of aliphatic carboxylic acids is 1. The topological polar surface area (TPSA) is 66.8 Å². The number of rotatable bonds is 4. The van der Waals surface area contributed by atoms with Crippen molar-refractivity contribution in [3.8, 4) is 5.75 Å². The molecule has 1 aliphatic rings. The Morgan fingerprint density at radius 3 is 2.70 bits per heavy atom. The van der Waals surface area contributed by atoms with Gasteiger partial charge in [0.15, 0.2) is 0 Å². The van der Waals surface area contributed by atoms with Crippen LogP contribution in [0.15, 0.2) is 30.3 Å². The van der Waals surface area contributed by atoms with Gasteiger partial charge in [-0.15, -0.1) is 0 Å². The number of likely N-dealkylation sites (tertiary alicyclic amines) is 1. The molecule has 5 heteroatoms. The predicted molar refractivity (Wildman–Crippen MR) is 73.7 cm³/mol. The molecular formula is C15H19NO4. The lowest BCUT2D eigenvalue weighted by Gasteiger charge is -2.34. The average Bonchev–Trinajstić information content (AvgIpc) is 2.46. The number of carbonyl (C=O) groups excluding carboxylic acids is 1. The zero-order valence-electron chi connectivity index (χ0n) is 11.3. The zero-order chi connectivity index (χ0) is 14.4. The van der Waals surface area contributed by atoms with E-state index in [0.29, 0.717) is 18.7 Å². The van der Waals surface area contributed by atoms with Crippen LogP contribution in [0.25, 0.3) is 0 Å². The van der Waals surface area contributed by atoms with Gasteiger partial charge < -0.3 is 14.7 Å². The maximum Gasteiger partial charge on any atom is 0.415 e. The summed E-state index contributed by atoms with van der Waals surface area (Å²) >= 11 is 0. The highest BCUT2D eigenvalue weighted by Crippen LogP contribution is 2.22. The van der Waals surface area contributed by atoms with Gasteiger partial charge in [0.25, 0.3) is 0 Å². The van der Waals surface area contributed by atoms with Gasteiger partial charge in [-0.05, 0) is 37.8 Å². The summed E-state index contributed by atoms with van der Waals surface area (Å²) in [5, 5.41) is 8.77. The Hall–Kier alpha value is -2.04. The van der Waals surface area contributed by atoms with E-state index in [4.69, 9.17) is 9.84 Å². The molecule has 1 aromatic rings. The van der Waals surface area contributed by atoms with Crippen molar-refractivity contribution in [2.24, 2.45) is 0 Å². The number of hydrogen-bond donors (Lipinski definition) is 1. The number of piperidine rings is 1. The Morgan fingerprint density at radius 1 is 1.25 bits per heavy atom. The molecule has 0 spiro atoms. The molecule has 0 radical (unpaired) electrons. The van der Waals surface area contributed by atoms with Crippen LogP contribution in [0.4, 0.5) is 4.79 Å². The van der Waals surface area contributed by atoms with Gasteiger partial charge in [0.1, 0.15) is 5.75 Å². The molecule has 1 atom stereocenters. The van der Waals surface area contributed by atoms with E-state index in [9.17, 15) is 9.59 Å². The molecule has 1 aliphatic heterocycles. The van der Waals surface area contributed by atoms with Crippen LogP contribution in [-0.4, -0.2) is 34.7 Å². The molecule has 0 saturated carbocycles. The lowest BCUT2D eigenvalue weighted by molar-refractivity contribution is -0.137. The van der Waals surface area contributed by atoms with Gasteiger partial charge in [-0.2, -0.15) is 0 Å². The van der Waals surface area contributed by atoms with Gasteiger partial charge >= 0.3 is 12.1 Å². The third-order valence-electron chi connectivity index (χ3n) is 3.50. The Morgan fingerprint density at radius 2 is 2.00 bits per heavy atom. The van der Waals surface area contributed by atoms with Gasteiger partial charge in [-0.3, -0.25) is 4.79 Å². The smallest absolute Gasteiger partial charge is 0.415 e. The summed E-state index contributed by atoms with van der Waals surface area (Å²) in [5.41, 5.74) is 0. The van der Waals surface area contributed by atoms with Crippen molar-refractivity contribution in [3.63, 3.8) is 0 Å². The fourth-order valence-electron chi connectivity index (χ4n) is 2.48. The number of carbonyl (C=O) groups is 2. The van der Waals surface area contributed by atoms with Crippen LogP contribution in [0.1, 0.15) is 32.1 Å². The number of amides is 1. The highest BCUT2D eigenvalue weighted by Gasteiger charge is 2.28. The van der Waals surface area contributed by atoms with Gasteiger partial charge in [0, 0.05) is 19.0 Å². The Balaban J connectivity index is 1.96. The first-order valence-corrected chi connectivity index (χ1v) is 6.92. The number of benzene rings is 1. The number of para-hydroxylation sites is 1. The molecule has 1 N–H and O–H groups in total. The molecule has 1 fully saturated rings. The van der Waals surface area contributed by atoms with Crippen LogP contribution >= 0.6 is 0 Å². The summed E-state index contributed by atoms with van der Waals surface area (Å²) in [7, 11) is 0. The molecule has 0 aliphatic carbocycles. The second-order valence-corrected chi connectivity index (χ2v) is 4.96. The van der Waals surface area contributed by atoms with Crippen LogP contribution in [0, 0.1) is 0 Å². The Bertz CT molecular complexity index is 460. The van der Waals surface area contributed by atoms with E-state index in [0.717, 1.165) is 19.3 Å². The Kier molecular flexibility index (Phi) is 4.98. The third kappa shape index (κ3) is 3.98. The van der Waals surface area contributed by atoms with E-state index in [1.54, 1.807) is 29.2 Å². The summed E-state index contributed by atoms with van der Waals surface area (Å²) < 4.78 is 5.33. The van der Waals surface area contributed by atoms with Crippen LogP contribution in [0.2, 0.25) is 0 Å². The van der Waals surface area contributed by atoms with Crippen LogP contribution in [-0.2, 0) is 4.79 Å². The van der Waals surface area contributed by atoms with E-state index in [1.165, 1.54) is 0 Å². The minimum atomic E-state index is -0.827. The van der Waals surface area contributed by atoms with Gasteiger partial charge in [-0.25, -0.2) is 4.79 Å². The molecule has 1 amide bonds. The first kappa shape index (κ1) is 14.4. The number of carboxylic acid groups (broad SMARTS) is 1. The summed E-state index contributed by atoms with van der Waals surface area (Å²) in [6, 6.07) is 8.90. The molecule has 1 unspecified atom stereocenters. The second-order valence-electron chi connectivity index (χ2n) is 4.96. The van der Waals surface area contributed by atoms with Crippen molar-refractivity contribution in [3.05, 3.63) is 30.3 Å². The van der Waals surface area contributed by atoms with E-state index in [1.807, 2.05) is 6.07 Å². The molecule has 20 heavy (non-hydrogen) atoms. The monoisotopic (exact) mass is 277 g/mol. The van der Waals surface area contributed by atoms with Crippen molar-refractivity contribution in [2.45, 2.75) is 38.1 Å². The standard InChI is InChI=1S/C15H19NO4/c17-14(18)10-9-12-6-4-5-11-16(12)15(19)20-13-7-2-1-3-8-13/h1-3,7-8,12H,4-6,9-11H2,(H,17,18). The van der Waals surface area contributed by atoms with Crippen molar-refractivity contribution in [2.75, 3.05) is 6.54 Å². The summed E-state index contributed by atoms with van der Waals surface area (Å²) in [6.45, 7) is 0.635. The van der Waals surface area contributed by atoms with Crippen molar-refractivity contribution in [1.29, 1.82) is 0 Å². The molecular weight excluding hydrogens is 258 g/mol. The summed E-state index contributed by atoms with van der Waals surface area (Å²) in [6.07, 6.45) is 2.99. The molecule has 1 aromatic carbocycles. The average molecular weight is 277 g/mol. The van der Waals surface area contributed by atoms with Crippen molar-refractivity contribution in [1.82, 2.24) is 4.90 Å². The normalized spacial score (nSPS) is 18.6. The molecule has 0 bridgehead atoms. The highest BCUT2D eigenvalue weighted by atomic mass is 16.6. The number of ether oxygens (including phenoxy) is 1. The summed E-state index contributed by atoms with van der Waals surface area (Å²) in [4.78, 5) is 24.5. The second kappa shape index (κ2) is 6.93. The van der Waals surface area contributed by atoms with Crippen LogP contribution in [0.5, 0.6) is 5.75 Å². The fraction of sp³-hybridized carbons (Fsp3) is 0.467. The zero-order valence-corrected chi connectivity index (χ0v) is 11.3. The minimum absolute atomic E-state index is 0.0314. The quantitative estimate of drug-likeness (QED) is 0.919. The van der Waals surface area contributed by atoms with Gasteiger partial charge in [0.05, 0.1) is 0 Å². The molecule has 2 rings (SSSR count). The van der Waals surface area contributed by atoms with E-state index in [-0.39, 0.29) is 18.6 Å². The van der Waals surface area contributed by atoms with Gasteiger partial charge in [0.2, 0.25) is 0 Å². The number of carboxylic acids is 1. The maximum absolute atomic E-state index is 12.2. The third-order valence-corrected chi connectivity index (χ3v) is 3.50. The lowest BCUT2D eigenvalue weighted by Crippen LogP contribution is -2.45. The first-order valence-electron chi connectivity index (χ1n) is 6.92. The van der Waals surface area contributed by atoms with Crippen molar-refractivity contribution >= 4 is 12.1 Å². The molecule has 5 nitrogen and oxygen atoms in total. The van der Waals surface area contributed by atoms with E-state index < -0.39 is 5.97 Å². The molecule has 1 heterocycles. The number of nitrogens with zero attached hydrogens (tertiary/aromatic N) is 1. The van der Waals surface area contributed by atoms with Crippen LogP contribution in [0.3, 0.4) is 0 Å². The SMILES string of the molecule is O=C(O)CCC1CCCCN1C(=O)Oc1ccccc1. The number of hydrogen-bond acceptors (Lipinski definition) is 3. The molecule has 0 aromatic heterocycles.